The SMILES string of the molecule is CC(C)(C)C(F)(F)F.CC(C)(C)OC(=O)NCC(=O)O. The van der Waals surface area contributed by atoms with Crippen molar-refractivity contribution >= 4 is 12.1 Å². The van der Waals surface area contributed by atoms with Crippen LogP contribution in [0.4, 0.5) is 18.0 Å². The van der Waals surface area contributed by atoms with E-state index in [1.165, 1.54) is 0 Å². The van der Waals surface area contributed by atoms with Crippen LogP contribution in [0.5, 0.6) is 0 Å². The van der Waals surface area contributed by atoms with Crippen LogP contribution in [-0.2, 0) is 9.53 Å². The van der Waals surface area contributed by atoms with Gasteiger partial charge in [-0.25, -0.2) is 4.79 Å². The molecule has 2 N–H and O–H groups in total. The molecule has 5 nitrogen and oxygen atoms in total. The molecule has 0 unspecified atom stereocenters. The molecule has 0 spiro atoms. The van der Waals surface area contributed by atoms with Crippen molar-refractivity contribution in [3.05, 3.63) is 0 Å². The number of ether oxygens (including phenoxy) is 1. The van der Waals surface area contributed by atoms with Crippen LogP contribution in [-0.4, -0.2) is 35.5 Å². The molecule has 0 radical (unpaired) electrons. The van der Waals surface area contributed by atoms with Crippen LogP contribution in [0.2, 0.25) is 0 Å². The molecule has 0 saturated carbocycles. The van der Waals surface area contributed by atoms with E-state index in [1.807, 2.05) is 0 Å². The number of nitrogens with one attached hydrogen (secondary N) is 1. The Bertz CT molecular complexity index is 315. The minimum atomic E-state index is -4.06. The number of aliphatic carboxylic acids is 1. The van der Waals surface area contributed by atoms with Crippen LogP contribution in [0, 0.1) is 5.41 Å². The summed E-state index contributed by atoms with van der Waals surface area (Å²) in [6.07, 6.45) is -4.78. The van der Waals surface area contributed by atoms with Gasteiger partial charge >= 0.3 is 18.2 Å². The lowest BCUT2D eigenvalue weighted by Crippen LogP contribution is -2.35. The second-order valence-electron chi connectivity index (χ2n) is 6.00. The highest BCUT2D eigenvalue weighted by molar-refractivity contribution is 5.76. The predicted molar refractivity (Wildman–Crippen MR) is 67.4 cm³/mol. The summed E-state index contributed by atoms with van der Waals surface area (Å²) in [6.45, 7) is 8.12. The zero-order chi connectivity index (χ0) is 16.8. The number of carboxylic acids is 1. The standard InChI is InChI=1S/C7H13NO4.C5H9F3/c1-7(2,3)12-6(11)8-4-5(9)10;1-4(2,3)5(6,7)8/h4H2,1-3H3,(H,8,11)(H,9,10);1-3H3. The lowest BCUT2D eigenvalue weighted by molar-refractivity contribution is -0.204. The van der Waals surface area contributed by atoms with Crippen molar-refractivity contribution in [1.29, 1.82) is 0 Å². The molecular formula is C12H22F3NO4. The van der Waals surface area contributed by atoms with Gasteiger partial charge in [0.2, 0.25) is 0 Å². The van der Waals surface area contributed by atoms with Gasteiger partial charge in [0.15, 0.2) is 0 Å². The van der Waals surface area contributed by atoms with Gasteiger partial charge in [-0.05, 0) is 20.8 Å². The Morgan fingerprint density at radius 2 is 1.40 bits per heavy atom. The number of alkyl halides is 3. The summed E-state index contributed by atoms with van der Waals surface area (Å²) in [7, 11) is 0. The summed E-state index contributed by atoms with van der Waals surface area (Å²) in [5.41, 5.74) is -2.16. The Hall–Kier alpha value is -1.47. The zero-order valence-electron chi connectivity index (χ0n) is 12.5. The topological polar surface area (TPSA) is 75.6 Å². The summed E-state index contributed by atoms with van der Waals surface area (Å²) < 4.78 is 39.5. The predicted octanol–water partition coefficient (Wildman–Crippen LogP) is 3.19. The molecule has 0 aromatic heterocycles. The number of hydrogen-bond donors (Lipinski definition) is 2. The van der Waals surface area contributed by atoms with E-state index in [1.54, 1.807) is 20.8 Å². The maximum Gasteiger partial charge on any atom is 0.408 e. The van der Waals surface area contributed by atoms with Crippen molar-refractivity contribution in [3.63, 3.8) is 0 Å². The molecule has 0 aromatic carbocycles. The van der Waals surface area contributed by atoms with E-state index in [4.69, 9.17) is 9.84 Å². The smallest absolute Gasteiger partial charge is 0.408 e. The molecule has 120 valence electrons. The molecule has 0 aliphatic heterocycles. The normalized spacial score (nSPS) is 12.1. The van der Waals surface area contributed by atoms with Gasteiger partial charge in [-0.1, -0.05) is 20.8 Å². The fraction of sp³-hybridized carbons (Fsp3) is 0.833. The van der Waals surface area contributed by atoms with Gasteiger partial charge in [0.05, 0.1) is 5.41 Å². The average Bonchev–Trinajstić information content (AvgIpc) is 2.09. The number of carbonyl (C=O) groups is 2. The second kappa shape index (κ2) is 7.35. The van der Waals surface area contributed by atoms with Gasteiger partial charge in [0, 0.05) is 0 Å². The van der Waals surface area contributed by atoms with E-state index < -0.39 is 35.8 Å². The van der Waals surface area contributed by atoms with Crippen LogP contribution in [0.1, 0.15) is 41.5 Å². The second-order valence-corrected chi connectivity index (χ2v) is 6.00. The number of alkyl carbamates (subject to hydrolysis) is 1. The molecule has 0 aliphatic rings. The van der Waals surface area contributed by atoms with Gasteiger partial charge in [0.25, 0.3) is 0 Å². The minimum Gasteiger partial charge on any atom is -0.480 e. The molecule has 0 heterocycles. The quantitative estimate of drug-likeness (QED) is 0.821. The van der Waals surface area contributed by atoms with Crippen molar-refractivity contribution in [2.24, 2.45) is 5.41 Å². The molecule has 1 amide bonds. The highest BCUT2D eigenvalue weighted by atomic mass is 19.4. The first-order chi connectivity index (χ1) is 8.56. The van der Waals surface area contributed by atoms with Crippen LogP contribution < -0.4 is 5.32 Å². The van der Waals surface area contributed by atoms with E-state index in [-0.39, 0.29) is 0 Å². The zero-order valence-corrected chi connectivity index (χ0v) is 12.5. The molecular weight excluding hydrogens is 279 g/mol. The molecule has 0 fully saturated rings. The van der Waals surface area contributed by atoms with Gasteiger partial charge in [-0.3, -0.25) is 4.79 Å². The summed E-state index contributed by atoms with van der Waals surface area (Å²) in [5, 5.41) is 10.3. The maximum absolute atomic E-state index is 11.6. The van der Waals surface area contributed by atoms with Crippen LogP contribution in [0.15, 0.2) is 0 Å². The molecule has 20 heavy (non-hydrogen) atoms. The van der Waals surface area contributed by atoms with E-state index in [2.05, 4.69) is 5.32 Å². The third-order valence-corrected chi connectivity index (χ3v) is 1.63. The van der Waals surface area contributed by atoms with Crippen LogP contribution in [0.25, 0.3) is 0 Å². The van der Waals surface area contributed by atoms with Crippen molar-refractivity contribution in [2.45, 2.75) is 53.3 Å². The van der Waals surface area contributed by atoms with Gasteiger partial charge in [-0.2, -0.15) is 13.2 Å². The summed E-state index contributed by atoms with van der Waals surface area (Å²) in [6, 6.07) is 0. The lowest BCUT2D eigenvalue weighted by atomic mass is 9.96. The highest BCUT2D eigenvalue weighted by Crippen LogP contribution is 2.36. The highest BCUT2D eigenvalue weighted by Gasteiger charge is 2.42. The first kappa shape index (κ1) is 20.8. The monoisotopic (exact) mass is 301 g/mol. The number of hydrogen-bond acceptors (Lipinski definition) is 3. The maximum atomic E-state index is 11.6. The largest absolute Gasteiger partial charge is 0.480 e. The van der Waals surface area contributed by atoms with E-state index in [9.17, 15) is 22.8 Å². The van der Waals surface area contributed by atoms with Gasteiger partial charge in [-0.15, -0.1) is 0 Å². The van der Waals surface area contributed by atoms with Crippen molar-refractivity contribution in [1.82, 2.24) is 5.32 Å². The average molecular weight is 301 g/mol. The number of amides is 1. The summed E-state index contributed by atoms with van der Waals surface area (Å²) in [4.78, 5) is 20.8. The Morgan fingerprint density at radius 3 is 1.60 bits per heavy atom. The first-order valence-electron chi connectivity index (χ1n) is 5.81. The third-order valence-electron chi connectivity index (χ3n) is 1.63. The Morgan fingerprint density at radius 1 is 1.05 bits per heavy atom. The fourth-order valence-electron chi connectivity index (χ4n) is 0.462. The van der Waals surface area contributed by atoms with Crippen LogP contribution >= 0.6 is 0 Å². The lowest BCUT2D eigenvalue weighted by Gasteiger charge is -2.21. The van der Waals surface area contributed by atoms with E-state index in [0.29, 0.717) is 0 Å². The van der Waals surface area contributed by atoms with Gasteiger partial charge in [0.1, 0.15) is 12.1 Å². The Balaban J connectivity index is 0. The molecule has 8 heteroatoms. The molecule has 0 saturated heterocycles. The summed E-state index contributed by atoms with van der Waals surface area (Å²) >= 11 is 0. The number of carboxylic acid groups (broad SMARTS) is 1. The van der Waals surface area contributed by atoms with Crippen molar-refractivity contribution in [3.8, 4) is 0 Å². The van der Waals surface area contributed by atoms with Crippen molar-refractivity contribution < 1.29 is 32.6 Å². The third kappa shape index (κ3) is 13.0. The molecule has 0 atom stereocenters. The first-order valence-corrected chi connectivity index (χ1v) is 5.81. The molecule has 0 rings (SSSR count). The number of rotatable bonds is 2. The molecule has 0 bridgehead atoms. The van der Waals surface area contributed by atoms with Crippen LogP contribution in [0.3, 0.4) is 0 Å². The number of carbonyl (C=O) groups excluding carboxylic acids is 1. The summed E-state index contributed by atoms with van der Waals surface area (Å²) in [5.74, 6) is -1.10. The van der Waals surface area contributed by atoms with Gasteiger partial charge < -0.3 is 15.2 Å². The molecule has 0 aliphatic carbocycles. The number of halogens is 3. The minimum absolute atomic E-state index is 0.422. The van der Waals surface area contributed by atoms with Crippen molar-refractivity contribution in [2.75, 3.05) is 6.54 Å². The van der Waals surface area contributed by atoms with E-state index >= 15 is 0 Å². The van der Waals surface area contributed by atoms with E-state index in [0.717, 1.165) is 20.8 Å². The fourth-order valence-corrected chi connectivity index (χ4v) is 0.462. The Labute approximate surface area is 116 Å². The Kier molecular flexibility index (Phi) is 7.66. The molecule has 0 aromatic rings.